The lowest BCUT2D eigenvalue weighted by Gasteiger charge is -2.50. The van der Waals surface area contributed by atoms with Crippen molar-refractivity contribution in [3.05, 3.63) is 33.7 Å². The van der Waals surface area contributed by atoms with Gasteiger partial charge in [0.25, 0.3) is 11.8 Å². The normalized spacial score (nSPS) is 19.6. The lowest BCUT2D eigenvalue weighted by molar-refractivity contribution is 0.00577. The van der Waals surface area contributed by atoms with Gasteiger partial charge < -0.3 is 20.3 Å². The number of aliphatic hydroxyl groups excluding tert-OH is 1. The van der Waals surface area contributed by atoms with Crippen molar-refractivity contribution in [1.29, 1.82) is 0 Å². The van der Waals surface area contributed by atoms with E-state index in [1.54, 1.807) is 4.57 Å². The molecule has 0 radical (unpaired) electrons. The fourth-order valence-electron chi connectivity index (χ4n) is 3.04. The molecule has 7 nitrogen and oxygen atoms in total. The lowest BCUT2D eigenvalue weighted by Crippen LogP contribution is -2.58. The first kappa shape index (κ1) is 12.9. The summed E-state index contributed by atoms with van der Waals surface area (Å²) < 4.78 is 1.70. The van der Waals surface area contributed by atoms with E-state index in [1.807, 2.05) is 0 Å². The fourth-order valence-corrected chi connectivity index (χ4v) is 3.04. The van der Waals surface area contributed by atoms with E-state index in [4.69, 9.17) is 5.73 Å². The Hall–Kier alpha value is -2.15. The molecule has 7 heteroatoms. The molecule has 1 saturated carbocycles. The van der Waals surface area contributed by atoms with Gasteiger partial charge in [0, 0.05) is 18.8 Å². The maximum Gasteiger partial charge on any atom is 0.272 e. The van der Waals surface area contributed by atoms with Crippen LogP contribution in [-0.4, -0.2) is 39.7 Å². The predicted molar refractivity (Wildman–Crippen MR) is 69.2 cm³/mol. The van der Waals surface area contributed by atoms with Gasteiger partial charge in [0.15, 0.2) is 5.43 Å². The number of rotatable bonds is 2. The van der Waals surface area contributed by atoms with Gasteiger partial charge in [0.1, 0.15) is 18.0 Å². The van der Waals surface area contributed by atoms with Gasteiger partial charge in [-0.05, 0) is 19.3 Å². The number of aliphatic hydroxyl groups is 1. The zero-order chi connectivity index (χ0) is 14.5. The highest BCUT2D eigenvalue weighted by molar-refractivity contribution is 5.96. The summed E-state index contributed by atoms with van der Waals surface area (Å²) in [4.78, 5) is 36.7. The van der Waals surface area contributed by atoms with Crippen LogP contribution in [0.25, 0.3) is 0 Å². The van der Waals surface area contributed by atoms with E-state index in [0.717, 1.165) is 25.3 Å². The molecule has 1 spiro atoms. The molecule has 2 heterocycles. The molecule has 1 aliphatic carbocycles. The van der Waals surface area contributed by atoms with E-state index < -0.39 is 17.2 Å². The largest absolute Gasteiger partial charge is 0.376 e. The van der Waals surface area contributed by atoms with Crippen LogP contribution in [0.1, 0.15) is 40.1 Å². The summed E-state index contributed by atoms with van der Waals surface area (Å²) >= 11 is 0. The van der Waals surface area contributed by atoms with E-state index in [0.29, 0.717) is 6.54 Å². The van der Waals surface area contributed by atoms with Crippen molar-refractivity contribution in [2.24, 2.45) is 5.73 Å². The Bertz CT molecular complexity index is 660. The average molecular weight is 277 g/mol. The Morgan fingerprint density at radius 3 is 2.60 bits per heavy atom. The number of carbonyl (C=O) groups excluding carboxylic acids is 2. The van der Waals surface area contributed by atoms with Crippen LogP contribution in [0, 0.1) is 0 Å². The van der Waals surface area contributed by atoms with Gasteiger partial charge in [0.2, 0.25) is 0 Å². The molecule has 3 N–H and O–H groups in total. The number of nitrogens with two attached hydrogens (primary N) is 1. The summed E-state index contributed by atoms with van der Waals surface area (Å²) in [5, 5.41) is 9.29. The third-order valence-corrected chi connectivity index (χ3v) is 4.27. The Labute approximate surface area is 114 Å². The molecule has 0 saturated heterocycles. The molecule has 106 valence electrons. The zero-order valence-corrected chi connectivity index (χ0v) is 10.8. The topological polar surface area (TPSA) is 106 Å². The molecule has 1 aromatic heterocycles. The average Bonchev–Trinajstić information content (AvgIpc) is 2.37. The van der Waals surface area contributed by atoms with Gasteiger partial charge in [-0.3, -0.25) is 14.4 Å². The molecule has 0 atom stereocenters. The number of nitrogens with zero attached hydrogens (tertiary/aromatic N) is 2. The minimum atomic E-state index is -0.795. The van der Waals surface area contributed by atoms with E-state index in [-0.39, 0.29) is 23.5 Å². The van der Waals surface area contributed by atoms with Crippen molar-refractivity contribution < 1.29 is 14.7 Å². The first-order valence-electron chi connectivity index (χ1n) is 6.46. The maximum atomic E-state index is 12.2. The van der Waals surface area contributed by atoms with Crippen LogP contribution >= 0.6 is 0 Å². The van der Waals surface area contributed by atoms with E-state index >= 15 is 0 Å². The second-order valence-electron chi connectivity index (χ2n) is 5.39. The molecule has 1 aromatic rings. The summed E-state index contributed by atoms with van der Waals surface area (Å²) in [5.41, 5.74) is 4.41. The lowest BCUT2D eigenvalue weighted by atomic mass is 9.74. The zero-order valence-electron chi connectivity index (χ0n) is 10.8. The van der Waals surface area contributed by atoms with Crippen molar-refractivity contribution in [3.8, 4) is 0 Å². The Morgan fingerprint density at radius 2 is 2.10 bits per heavy atom. The number of amides is 2. The van der Waals surface area contributed by atoms with Gasteiger partial charge >= 0.3 is 0 Å². The summed E-state index contributed by atoms with van der Waals surface area (Å²) in [5.74, 6) is -1.20. The Kier molecular flexibility index (Phi) is 2.68. The third kappa shape index (κ3) is 1.59. The molecule has 3 rings (SSSR count). The molecule has 0 unspecified atom stereocenters. The van der Waals surface area contributed by atoms with Gasteiger partial charge in [-0.2, -0.15) is 0 Å². The van der Waals surface area contributed by atoms with Crippen LogP contribution in [-0.2, 0) is 5.54 Å². The standard InChI is InChI=1S/C13H15N3O4/c14-11(19)8-5-16-9(4-10(8)18)12(20)15(7-17)6-13(16)2-1-3-13/h4-5,17H,1-3,6-7H2,(H2,14,19). The smallest absolute Gasteiger partial charge is 0.272 e. The number of primary amides is 1. The number of hydrogen-bond donors (Lipinski definition) is 2. The molecular formula is C13H15N3O4. The van der Waals surface area contributed by atoms with Gasteiger partial charge in [-0.15, -0.1) is 0 Å². The summed E-state index contributed by atoms with van der Waals surface area (Å²) in [7, 11) is 0. The quantitative estimate of drug-likeness (QED) is 0.740. The molecular weight excluding hydrogens is 262 g/mol. The summed E-state index contributed by atoms with van der Waals surface area (Å²) in [6, 6.07) is 1.14. The van der Waals surface area contributed by atoms with Crippen molar-refractivity contribution in [1.82, 2.24) is 9.47 Å². The van der Waals surface area contributed by atoms with Crippen molar-refractivity contribution in [2.75, 3.05) is 13.3 Å². The Morgan fingerprint density at radius 1 is 1.40 bits per heavy atom. The number of hydrogen-bond acceptors (Lipinski definition) is 4. The van der Waals surface area contributed by atoms with Gasteiger partial charge in [0.05, 0.1) is 5.54 Å². The highest BCUT2D eigenvalue weighted by Gasteiger charge is 2.46. The Balaban J connectivity index is 2.23. The second kappa shape index (κ2) is 4.17. The number of aromatic nitrogens is 1. The minimum absolute atomic E-state index is 0.106. The summed E-state index contributed by atoms with van der Waals surface area (Å²) in [6.07, 6.45) is 4.08. The van der Waals surface area contributed by atoms with Crippen LogP contribution in [0.4, 0.5) is 0 Å². The van der Waals surface area contributed by atoms with Crippen LogP contribution in [0.5, 0.6) is 0 Å². The van der Waals surface area contributed by atoms with Crippen LogP contribution in [0.15, 0.2) is 17.1 Å². The highest BCUT2D eigenvalue weighted by Crippen LogP contribution is 2.43. The molecule has 0 aromatic carbocycles. The van der Waals surface area contributed by atoms with Gasteiger partial charge in [-0.1, -0.05) is 0 Å². The fraction of sp³-hybridized carbons (Fsp3) is 0.462. The maximum absolute atomic E-state index is 12.2. The number of carbonyl (C=O) groups is 2. The second-order valence-corrected chi connectivity index (χ2v) is 5.39. The summed E-state index contributed by atoms with van der Waals surface area (Å²) in [6.45, 7) is 0.00273. The SMILES string of the molecule is NC(=O)c1cn2c(cc1=O)C(=O)N(CO)CC21CCC1. The van der Waals surface area contributed by atoms with Crippen LogP contribution in [0.2, 0.25) is 0 Å². The predicted octanol–water partition coefficient (Wildman–Crippen LogP) is -0.768. The molecule has 20 heavy (non-hydrogen) atoms. The first-order chi connectivity index (χ1) is 9.48. The van der Waals surface area contributed by atoms with Gasteiger partial charge in [-0.25, -0.2) is 0 Å². The van der Waals surface area contributed by atoms with E-state index in [1.165, 1.54) is 11.1 Å². The molecule has 0 bridgehead atoms. The highest BCUT2D eigenvalue weighted by atomic mass is 16.3. The van der Waals surface area contributed by atoms with Crippen LogP contribution < -0.4 is 11.2 Å². The van der Waals surface area contributed by atoms with Crippen molar-refractivity contribution >= 4 is 11.8 Å². The molecule has 1 fully saturated rings. The van der Waals surface area contributed by atoms with Crippen molar-refractivity contribution in [2.45, 2.75) is 24.8 Å². The number of fused-ring (bicyclic) bond motifs is 2. The van der Waals surface area contributed by atoms with E-state index in [9.17, 15) is 19.5 Å². The number of pyridine rings is 1. The molecule has 2 amide bonds. The van der Waals surface area contributed by atoms with E-state index in [2.05, 4.69) is 0 Å². The van der Waals surface area contributed by atoms with Crippen LogP contribution in [0.3, 0.4) is 0 Å². The monoisotopic (exact) mass is 277 g/mol. The molecule has 2 aliphatic rings. The third-order valence-electron chi connectivity index (χ3n) is 4.27. The first-order valence-corrected chi connectivity index (χ1v) is 6.46. The molecule has 1 aliphatic heterocycles. The van der Waals surface area contributed by atoms with Crippen molar-refractivity contribution in [3.63, 3.8) is 0 Å². The minimum Gasteiger partial charge on any atom is -0.376 e.